The van der Waals surface area contributed by atoms with Gasteiger partial charge in [0.15, 0.2) is 5.13 Å². The number of benzene rings is 1. The maximum absolute atomic E-state index is 13.2. The lowest BCUT2D eigenvalue weighted by Gasteiger charge is -2.30. The van der Waals surface area contributed by atoms with Crippen LogP contribution in [0.4, 0.5) is 16.6 Å². The molecule has 0 aliphatic carbocycles. The minimum atomic E-state index is -0.0733. The Morgan fingerprint density at radius 3 is 3.00 bits per heavy atom. The molecule has 1 amide bonds. The Labute approximate surface area is 203 Å². The fourth-order valence-corrected chi connectivity index (χ4v) is 5.52. The number of hydrogen-bond acceptors (Lipinski definition) is 8. The molecule has 1 aromatic carbocycles. The summed E-state index contributed by atoms with van der Waals surface area (Å²) in [6.45, 7) is 4.82. The van der Waals surface area contributed by atoms with Crippen molar-refractivity contribution >= 4 is 33.9 Å². The zero-order chi connectivity index (χ0) is 23.5. The van der Waals surface area contributed by atoms with Gasteiger partial charge in [-0.3, -0.25) is 9.69 Å². The van der Waals surface area contributed by atoms with Crippen LogP contribution < -0.4 is 10.2 Å². The molecule has 1 saturated heterocycles. The summed E-state index contributed by atoms with van der Waals surface area (Å²) in [7, 11) is 0. The van der Waals surface area contributed by atoms with E-state index in [1.54, 1.807) is 5.38 Å². The molecule has 3 aromatic rings. The number of thiazole rings is 1. The van der Waals surface area contributed by atoms with Crippen LogP contribution >= 0.6 is 11.3 Å². The SMILES string of the molecule is Cc1nc(Nc2nc(C(=O)N3CCCc4ccccc43)cs2)cc([C@@H]2CCCN(CC#N)C2)n1. The van der Waals surface area contributed by atoms with E-state index < -0.39 is 0 Å². The molecule has 0 unspecified atom stereocenters. The number of fused-ring (bicyclic) bond motifs is 1. The Kier molecular flexibility index (Phi) is 6.52. The number of anilines is 3. The van der Waals surface area contributed by atoms with E-state index in [9.17, 15) is 4.79 Å². The molecule has 1 fully saturated rings. The molecule has 2 aliphatic rings. The van der Waals surface area contributed by atoms with Crippen molar-refractivity contribution in [3.8, 4) is 6.07 Å². The van der Waals surface area contributed by atoms with E-state index in [4.69, 9.17) is 5.26 Å². The van der Waals surface area contributed by atoms with Crippen LogP contribution in [0.15, 0.2) is 35.7 Å². The summed E-state index contributed by atoms with van der Waals surface area (Å²) >= 11 is 1.40. The van der Waals surface area contributed by atoms with Gasteiger partial charge in [0, 0.05) is 36.1 Å². The number of aryl methyl sites for hydroxylation is 2. The smallest absolute Gasteiger partial charge is 0.277 e. The Hall–Kier alpha value is -3.35. The first-order chi connectivity index (χ1) is 16.6. The minimum Gasteiger partial charge on any atom is -0.316 e. The topological polar surface area (TPSA) is 98.0 Å². The van der Waals surface area contributed by atoms with Gasteiger partial charge in [-0.25, -0.2) is 15.0 Å². The predicted molar refractivity (Wildman–Crippen MR) is 133 cm³/mol. The molecule has 0 spiro atoms. The molecule has 0 bridgehead atoms. The van der Waals surface area contributed by atoms with Gasteiger partial charge in [0.2, 0.25) is 0 Å². The van der Waals surface area contributed by atoms with Crippen LogP contribution in [0.5, 0.6) is 0 Å². The van der Waals surface area contributed by atoms with E-state index in [2.05, 4.69) is 37.3 Å². The van der Waals surface area contributed by atoms with Crippen LogP contribution in [-0.2, 0) is 6.42 Å². The minimum absolute atomic E-state index is 0.0733. The van der Waals surface area contributed by atoms with Crippen LogP contribution in [0.2, 0.25) is 0 Å². The van der Waals surface area contributed by atoms with Crippen LogP contribution in [0.3, 0.4) is 0 Å². The Balaban J connectivity index is 1.31. The second kappa shape index (κ2) is 9.87. The number of likely N-dealkylation sites (tertiary alicyclic amines) is 1. The summed E-state index contributed by atoms with van der Waals surface area (Å²) in [5.41, 5.74) is 3.61. The second-order valence-electron chi connectivity index (χ2n) is 8.81. The molecule has 5 rings (SSSR count). The van der Waals surface area contributed by atoms with Crippen molar-refractivity contribution in [1.29, 1.82) is 5.26 Å². The third-order valence-corrected chi connectivity index (χ3v) is 7.15. The molecule has 34 heavy (non-hydrogen) atoms. The summed E-state index contributed by atoms with van der Waals surface area (Å²) in [5.74, 6) is 1.57. The second-order valence-corrected chi connectivity index (χ2v) is 9.67. The third kappa shape index (κ3) is 4.79. The third-order valence-electron chi connectivity index (χ3n) is 6.39. The first-order valence-corrected chi connectivity index (χ1v) is 12.6. The number of nitriles is 1. The predicted octanol–water partition coefficient (Wildman–Crippen LogP) is 4.28. The van der Waals surface area contributed by atoms with Gasteiger partial charge in [0.05, 0.1) is 18.3 Å². The van der Waals surface area contributed by atoms with E-state index in [-0.39, 0.29) is 11.8 Å². The number of carbonyl (C=O) groups excluding carboxylic acids is 1. The number of aromatic nitrogens is 3. The molecule has 0 saturated carbocycles. The lowest BCUT2D eigenvalue weighted by molar-refractivity contribution is 0.0981. The molecule has 2 aliphatic heterocycles. The Morgan fingerprint density at radius 2 is 2.12 bits per heavy atom. The highest BCUT2D eigenvalue weighted by molar-refractivity contribution is 7.14. The van der Waals surface area contributed by atoms with Gasteiger partial charge in [-0.05, 0) is 50.8 Å². The van der Waals surface area contributed by atoms with Crippen LogP contribution in [0, 0.1) is 18.3 Å². The molecule has 0 radical (unpaired) electrons. The van der Waals surface area contributed by atoms with Crippen molar-refractivity contribution in [2.45, 2.75) is 38.5 Å². The summed E-state index contributed by atoms with van der Waals surface area (Å²) in [5, 5.41) is 14.8. The van der Waals surface area contributed by atoms with Crippen LogP contribution in [0.1, 0.15) is 52.8 Å². The van der Waals surface area contributed by atoms with Crippen LogP contribution in [-0.4, -0.2) is 51.9 Å². The average Bonchev–Trinajstić information content (AvgIpc) is 3.32. The number of nitrogens with one attached hydrogen (secondary N) is 1. The van der Waals surface area contributed by atoms with Crippen molar-refractivity contribution < 1.29 is 4.79 Å². The van der Waals surface area contributed by atoms with E-state index in [0.29, 0.717) is 35.6 Å². The quantitative estimate of drug-likeness (QED) is 0.552. The average molecular weight is 474 g/mol. The van der Waals surface area contributed by atoms with Gasteiger partial charge >= 0.3 is 0 Å². The van der Waals surface area contributed by atoms with Crippen molar-refractivity contribution in [1.82, 2.24) is 19.9 Å². The first kappa shape index (κ1) is 22.4. The number of para-hydroxylation sites is 1. The lowest BCUT2D eigenvalue weighted by Crippen LogP contribution is -2.35. The molecule has 1 atom stereocenters. The van der Waals surface area contributed by atoms with Crippen molar-refractivity contribution in [2.75, 3.05) is 36.4 Å². The number of rotatable bonds is 5. The molecular formula is C25H27N7OS. The Bertz CT molecular complexity index is 1230. The Morgan fingerprint density at radius 1 is 1.24 bits per heavy atom. The first-order valence-electron chi connectivity index (χ1n) is 11.7. The van der Waals surface area contributed by atoms with Crippen molar-refractivity contribution in [3.63, 3.8) is 0 Å². The molecule has 2 aromatic heterocycles. The van der Waals surface area contributed by atoms with E-state index in [0.717, 1.165) is 50.2 Å². The lowest BCUT2D eigenvalue weighted by atomic mass is 9.94. The van der Waals surface area contributed by atoms with Gasteiger partial charge in [0.1, 0.15) is 17.3 Å². The fraction of sp³-hybridized carbons (Fsp3) is 0.400. The van der Waals surface area contributed by atoms with E-state index in [1.807, 2.05) is 36.1 Å². The fourth-order valence-electron chi connectivity index (χ4n) is 4.83. The highest BCUT2D eigenvalue weighted by Gasteiger charge is 2.26. The van der Waals surface area contributed by atoms with Gasteiger partial charge in [0.25, 0.3) is 5.91 Å². The zero-order valence-corrected chi connectivity index (χ0v) is 20.0. The number of piperidine rings is 1. The standard InChI is InChI=1S/C25H27N7OS/c1-17-27-20(19-8-4-11-31(15-19)13-10-26)14-23(28-17)30-25-29-21(16-34-25)24(33)32-12-5-7-18-6-2-3-9-22(18)32/h2-3,6,9,14,16,19H,4-5,7-8,11-13,15H2,1H3,(H,27,28,29,30)/t19-/m1/s1. The molecule has 174 valence electrons. The molecule has 9 heteroatoms. The van der Waals surface area contributed by atoms with Gasteiger partial charge in [-0.1, -0.05) is 18.2 Å². The number of amides is 1. The van der Waals surface area contributed by atoms with E-state index in [1.165, 1.54) is 16.9 Å². The van der Waals surface area contributed by atoms with Crippen molar-refractivity contribution in [3.05, 3.63) is 58.5 Å². The summed E-state index contributed by atoms with van der Waals surface area (Å²) < 4.78 is 0. The highest BCUT2D eigenvalue weighted by atomic mass is 32.1. The molecular weight excluding hydrogens is 446 g/mol. The van der Waals surface area contributed by atoms with Crippen LogP contribution in [0.25, 0.3) is 0 Å². The van der Waals surface area contributed by atoms with Gasteiger partial charge in [-0.15, -0.1) is 11.3 Å². The van der Waals surface area contributed by atoms with Gasteiger partial charge < -0.3 is 10.2 Å². The summed E-state index contributed by atoms with van der Waals surface area (Å²) in [6, 6.07) is 12.3. The zero-order valence-electron chi connectivity index (χ0n) is 19.2. The maximum Gasteiger partial charge on any atom is 0.277 e. The van der Waals surface area contributed by atoms with Gasteiger partial charge in [-0.2, -0.15) is 5.26 Å². The highest BCUT2D eigenvalue weighted by Crippen LogP contribution is 2.30. The monoisotopic (exact) mass is 473 g/mol. The number of nitrogens with zero attached hydrogens (tertiary/aromatic N) is 6. The molecule has 4 heterocycles. The number of hydrogen-bond donors (Lipinski definition) is 1. The number of carbonyl (C=O) groups is 1. The van der Waals surface area contributed by atoms with Crippen molar-refractivity contribution in [2.24, 2.45) is 0 Å². The molecule has 8 nitrogen and oxygen atoms in total. The largest absolute Gasteiger partial charge is 0.316 e. The summed E-state index contributed by atoms with van der Waals surface area (Å²) in [6.07, 6.45) is 4.04. The molecule has 1 N–H and O–H groups in total. The normalized spacial score (nSPS) is 18.2. The maximum atomic E-state index is 13.2. The van der Waals surface area contributed by atoms with E-state index >= 15 is 0 Å². The summed E-state index contributed by atoms with van der Waals surface area (Å²) in [4.78, 5) is 31.0.